The first-order valence-electron chi connectivity index (χ1n) is 9.27. The molecule has 0 heterocycles. The number of hydrogen-bond donors (Lipinski definition) is 0. The Kier molecular flexibility index (Phi) is 13.8. The molecule has 0 aliphatic rings. The van der Waals surface area contributed by atoms with E-state index in [0.29, 0.717) is 0 Å². The third-order valence-electron chi connectivity index (χ3n) is 3.50. The van der Waals surface area contributed by atoms with Crippen LogP contribution < -0.4 is 0 Å². The van der Waals surface area contributed by atoms with Crippen molar-refractivity contribution >= 4 is 12.2 Å². The van der Waals surface area contributed by atoms with Crippen molar-refractivity contribution in [3.63, 3.8) is 0 Å². The molecule has 0 aliphatic carbocycles. The molecule has 0 bridgehead atoms. The SMILES string of the molecule is C/C=C\C(=C/C)CC.CC.Cc1ccc(/C=C/c2ccccc2)cc1. The van der Waals surface area contributed by atoms with Gasteiger partial charge in [-0.2, -0.15) is 0 Å². The van der Waals surface area contributed by atoms with Gasteiger partial charge >= 0.3 is 0 Å². The van der Waals surface area contributed by atoms with E-state index in [4.69, 9.17) is 0 Å². The predicted molar refractivity (Wildman–Crippen MR) is 117 cm³/mol. The van der Waals surface area contributed by atoms with E-state index in [2.05, 4.69) is 99.7 Å². The molecule has 0 nitrogen and oxygen atoms in total. The lowest BCUT2D eigenvalue weighted by Crippen LogP contribution is -1.74. The number of rotatable bonds is 4. The van der Waals surface area contributed by atoms with Gasteiger partial charge in [0.2, 0.25) is 0 Å². The van der Waals surface area contributed by atoms with E-state index >= 15 is 0 Å². The molecule has 2 aromatic rings. The molecular weight excluding hydrogens is 300 g/mol. The summed E-state index contributed by atoms with van der Waals surface area (Å²) in [5.74, 6) is 0. The number of allylic oxidation sites excluding steroid dienone is 4. The summed E-state index contributed by atoms with van der Waals surface area (Å²) >= 11 is 0. The van der Waals surface area contributed by atoms with Gasteiger partial charge in [-0.05, 0) is 38.3 Å². The average molecular weight is 335 g/mol. The number of aryl methyl sites for hydroxylation is 1. The van der Waals surface area contributed by atoms with E-state index in [1.807, 2.05) is 26.8 Å². The second-order valence-corrected chi connectivity index (χ2v) is 5.37. The molecule has 0 aromatic heterocycles. The van der Waals surface area contributed by atoms with Gasteiger partial charge in [-0.25, -0.2) is 0 Å². The minimum atomic E-state index is 1.14. The van der Waals surface area contributed by atoms with Gasteiger partial charge in [0.05, 0.1) is 0 Å². The van der Waals surface area contributed by atoms with Gasteiger partial charge in [-0.3, -0.25) is 0 Å². The zero-order valence-electron chi connectivity index (χ0n) is 16.8. The van der Waals surface area contributed by atoms with Gasteiger partial charge in [0, 0.05) is 0 Å². The van der Waals surface area contributed by atoms with E-state index < -0.39 is 0 Å². The number of benzene rings is 2. The van der Waals surface area contributed by atoms with Crippen LogP contribution in [0.2, 0.25) is 0 Å². The van der Waals surface area contributed by atoms with Gasteiger partial charge in [-0.1, -0.05) is 117 Å². The second-order valence-electron chi connectivity index (χ2n) is 5.37. The fourth-order valence-corrected chi connectivity index (χ4v) is 2.07. The lowest BCUT2D eigenvalue weighted by molar-refractivity contribution is 1.14. The molecular formula is C25H34. The van der Waals surface area contributed by atoms with Gasteiger partial charge < -0.3 is 0 Å². The summed E-state index contributed by atoms with van der Waals surface area (Å²) in [5.41, 5.74) is 5.18. The number of hydrogen-bond acceptors (Lipinski definition) is 0. The van der Waals surface area contributed by atoms with Crippen LogP contribution >= 0.6 is 0 Å². The highest BCUT2D eigenvalue weighted by Gasteiger charge is 1.87. The smallest absolute Gasteiger partial charge is 0.0256 e. The summed E-state index contributed by atoms with van der Waals surface area (Å²) in [4.78, 5) is 0. The Balaban J connectivity index is 0.000000493. The van der Waals surface area contributed by atoms with E-state index in [1.165, 1.54) is 22.3 Å². The Morgan fingerprint density at radius 1 is 0.800 bits per heavy atom. The molecule has 0 atom stereocenters. The Hall–Kier alpha value is -2.34. The maximum Gasteiger partial charge on any atom is -0.0256 e. The quantitative estimate of drug-likeness (QED) is 0.391. The van der Waals surface area contributed by atoms with Gasteiger partial charge in [0.1, 0.15) is 0 Å². The highest BCUT2D eigenvalue weighted by molar-refractivity contribution is 5.69. The van der Waals surface area contributed by atoms with Gasteiger partial charge in [0.15, 0.2) is 0 Å². The third kappa shape index (κ3) is 10.9. The Bertz CT molecular complexity index is 623. The largest absolute Gasteiger partial charge is 0.0874 e. The first-order chi connectivity index (χ1) is 12.2. The summed E-state index contributed by atoms with van der Waals surface area (Å²) in [6.07, 6.45) is 11.7. The van der Waals surface area contributed by atoms with Crippen LogP contribution in [0.5, 0.6) is 0 Å². The van der Waals surface area contributed by atoms with Crippen LogP contribution in [0.4, 0.5) is 0 Å². The molecule has 0 amide bonds. The van der Waals surface area contributed by atoms with Crippen molar-refractivity contribution in [3.05, 3.63) is 95.1 Å². The summed E-state index contributed by atoms with van der Waals surface area (Å²) in [5, 5.41) is 0. The van der Waals surface area contributed by atoms with Crippen LogP contribution in [0.15, 0.2) is 78.4 Å². The summed E-state index contributed by atoms with van der Waals surface area (Å²) in [7, 11) is 0. The summed E-state index contributed by atoms with van der Waals surface area (Å²) < 4.78 is 0. The molecule has 134 valence electrons. The highest BCUT2D eigenvalue weighted by Crippen LogP contribution is 2.08. The maximum absolute atomic E-state index is 2.16. The van der Waals surface area contributed by atoms with Crippen molar-refractivity contribution in [1.29, 1.82) is 0 Å². The normalized spacial score (nSPS) is 10.9. The molecule has 0 aliphatic heterocycles. The minimum Gasteiger partial charge on any atom is -0.0874 e. The molecule has 2 rings (SSSR count). The van der Waals surface area contributed by atoms with Gasteiger partial charge in [-0.15, -0.1) is 0 Å². The first kappa shape index (κ1) is 22.7. The van der Waals surface area contributed by atoms with Crippen LogP contribution in [0.1, 0.15) is 57.7 Å². The molecule has 0 unspecified atom stereocenters. The lowest BCUT2D eigenvalue weighted by atomic mass is 10.1. The Morgan fingerprint density at radius 2 is 1.32 bits per heavy atom. The topological polar surface area (TPSA) is 0 Å². The first-order valence-corrected chi connectivity index (χ1v) is 9.27. The monoisotopic (exact) mass is 334 g/mol. The van der Waals surface area contributed by atoms with E-state index in [0.717, 1.165) is 6.42 Å². The van der Waals surface area contributed by atoms with E-state index in [-0.39, 0.29) is 0 Å². The molecule has 0 spiro atoms. The predicted octanol–water partition coefficient (Wildman–Crippen LogP) is 8.11. The molecule has 0 N–H and O–H groups in total. The van der Waals surface area contributed by atoms with Gasteiger partial charge in [0.25, 0.3) is 0 Å². The van der Waals surface area contributed by atoms with Crippen LogP contribution in [-0.4, -0.2) is 0 Å². The Labute approximate surface area is 155 Å². The van der Waals surface area contributed by atoms with E-state index in [1.54, 1.807) is 0 Å². The molecule has 0 saturated carbocycles. The van der Waals surface area contributed by atoms with Crippen molar-refractivity contribution in [1.82, 2.24) is 0 Å². The van der Waals surface area contributed by atoms with Crippen LogP contribution in [0.3, 0.4) is 0 Å². The van der Waals surface area contributed by atoms with Crippen molar-refractivity contribution in [2.75, 3.05) is 0 Å². The molecule has 25 heavy (non-hydrogen) atoms. The zero-order valence-corrected chi connectivity index (χ0v) is 16.8. The molecule has 0 heteroatoms. The summed E-state index contributed by atoms with van der Waals surface area (Å²) in [6, 6.07) is 18.9. The zero-order chi connectivity index (χ0) is 18.9. The maximum atomic E-state index is 2.16. The third-order valence-corrected chi connectivity index (χ3v) is 3.50. The second kappa shape index (κ2) is 15.2. The molecule has 2 aromatic carbocycles. The average Bonchev–Trinajstić information content (AvgIpc) is 2.68. The van der Waals surface area contributed by atoms with Crippen molar-refractivity contribution in [2.45, 2.75) is 48.0 Å². The van der Waals surface area contributed by atoms with Crippen molar-refractivity contribution in [3.8, 4) is 0 Å². The van der Waals surface area contributed by atoms with Crippen LogP contribution in [0, 0.1) is 6.92 Å². The molecule has 0 saturated heterocycles. The fraction of sp³-hybridized carbons (Fsp3) is 0.280. The standard InChI is InChI=1S/C15H14.C8H14.C2H6/c1-13-7-9-15(10-8-13)12-11-14-5-3-2-4-6-14;1-4-7-8(5-2)6-3;1-2/h2-12H,1H3;4-5,7H,6H2,1-3H3;1-2H3/b12-11+;7-4-,8-5-;. The lowest BCUT2D eigenvalue weighted by Gasteiger charge is -1.95. The Morgan fingerprint density at radius 3 is 1.72 bits per heavy atom. The highest BCUT2D eigenvalue weighted by atomic mass is 13.9. The molecule has 0 radical (unpaired) electrons. The van der Waals surface area contributed by atoms with E-state index in [9.17, 15) is 0 Å². The van der Waals surface area contributed by atoms with Crippen LogP contribution in [-0.2, 0) is 0 Å². The minimum absolute atomic E-state index is 1.14. The summed E-state index contributed by atoms with van der Waals surface area (Å²) in [6.45, 7) is 12.4. The van der Waals surface area contributed by atoms with Crippen molar-refractivity contribution < 1.29 is 0 Å². The van der Waals surface area contributed by atoms with Crippen molar-refractivity contribution in [2.24, 2.45) is 0 Å². The van der Waals surface area contributed by atoms with Crippen LogP contribution in [0.25, 0.3) is 12.2 Å². The fourth-order valence-electron chi connectivity index (χ4n) is 2.07. The molecule has 0 fully saturated rings.